The number of nitrogens with zero attached hydrogens (tertiary/aromatic N) is 4. The molecule has 0 aliphatic heterocycles. The van der Waals surface area contributed by atoms with Crippen LogP contribution in [0.4, 0.5) is 26.3 Å². The van der Waals surface area contributed by atoms with Crippen LogP contribution in [0.3, 0.4) is 0 Å². The predicted molar refractivity (Wildman–Crippen MR) is 96.3 cm³/mol. The molecular weight excluding hydrogens is 432 g/mol. The van der Waals surface area contributed by atoms with E-state index in [1.807, 2.05) is 0 Å². The first-order valence-corrected chi connectivity index (χ1v) is 8.52. The van der Waals surface area contributed by atoms with E-state index in [1.165, 1.54) is 0 Å². The summed E-state index contributed by atoms with van der Waals surface area (Å²) in [4.78, 5) is 27.6. The number of amides is 2. The topological polar surface area (TPSA) is 94.1 Å². The first-order chi connectivity index (χ1) is 14.0. The maximum absolute atomic E-state index is 13.0. The highest BCUT2D eigenvalue weighted by atomic mass is 19.4. The Morgan fingerprint density at radius 1 is 1.00 bits per heavy atom. The molecular formula is C18H17F6N5O2. The lowest BCUT2D eigenvalue weighted by molar-refractivity contribution is -0.148. The number of rotatable bonds is 3. The molecule has 2 aromatic rings. The average molecular weight is 449 g/mol. The monoisotopic (exact) mass is 449 g/mol. The maximum Gasteiger partial charge on any atom is 0.416 e. The highest BCUT2D eigenvalue weighted by molar-refractivity contribution is 6.02. The maximum atomic E-state index is 13.0. The van der Waals surface area contributed by atoms with Crippen molar-refractivity contribution in [2.45, 2.75) is 33.1 Å². The van der Waals surface area contributed by atoms with Crippen LogP contribution < -0.4 is 5.84 Å². The Morgan fingerprint density at radius 2 is 1.52 bits per heavy atom. The quantitative estimate of drug-likeness (QED) is 0.253. The normalized spacial score (nSPS) is 13.0. The van der Waals surface area contributed by atoms with Gasteiger partial charge in [-0.1, -0.05) is 20.8 Å². The van der Waals surface area contributed by atoms with E-state index in [-0.39, 0.29) is 6.07 Å². The van der Waals surface area contributed by atoms with E-state index in [9.17, 15) is 35.9 Å². The van der Waals surface area contributed by atoms with Crippen molar-refractivity contribution in [3.8, 4) is 11.4 Å². The summed E-state index contributed by atoms with van der Waals surface area (Å²) in [6, 6.07) is 0.946. The summed E-state index contributed by atoms with van der Waals surface area (Å²) in [7, 11) is 0. The van der Waals surface area contributed by atoms with Gasteiger partial charge in [0.1, 0.15) is 6.33 Å². The van der Waals surface area contributed by atoms with Crippen LogP contribution in [0.15, 0.2) is 30.6 Å². The molecule has 0 unspecified atom stereocenters. The zero-order chi connectivity index (χ0) is 23.8. The lowest BCUT2D eigenvalue weighted by atomic mass is 9.95. The minimum atomic E-state index is -5.02. The molecule has 0 aliphatic rings. The number of carbonyl (C=O) groups excluding carboxylic acids is 2. The number of halogens is 6. The molecule has 2 N–H and O–H groups in total. The zero-order valence-electron chi connectivity index (χ0n) is 16.4. The van der Waals surface area contributed by atoms with E-state index in [0.29, 0.717) is 17.1 Å². The summed E-state index contributed by atoms with van der Waals surface area (Å²) in [6.07, 6.45) is -7.24. The van der Waals surface area contributed by atoms with Crippen molar-refractivity contribution in [1.29, 1.82) is 0 Å². The Labute approximate surface area is 172 Å². The molecule has 0 fully saturated rings. The highest BCUT2D eigenvalue weighted by Gasteiger charge is 2.37. The first-order valence-electron chi connectivity index (χ1n) is 8.52. The second-order valence-electron chi connectivity index (χ2n) is 7.42. The number of hydrogen-bond acceptors (Lipinski definition) is 5. The van der Waals surface area contributed by atoms with E-state index in [4.69, 9.17) is 5.84 Å². The molecule has 0 spiro atoms. The number of aromatic nitrogens is 3. The van der Waals surface area contributed by atoms with Gasteiger partial charge in [0.2, 0.25) is 5.91 Å². The van der Waals surface area contributed by atoms with Gasteiger partial charge in [-0.2, -0.15) is 26.3 Å². The van der Waals surface area contributed by atoms with Crippen LogP contribution in [-0.4, -0.2) is 31.6 Å². The Morgan fingerprint density at radius 3 is 1.97 bits per heavy atom. The van der Waals surface area contributed by atoms with E-state index >= 15 is 0 Å². The summed E-state index contributed by atoms with van der Waals surface area (Å²) in [5, 5.41) is 4.11. The molecule has 2 amide bonds. The average Bonchev–Trinajstić information content (AvgIpc) is 3.11. The largest absolute Gasteiger partial charge is 0.416 e. The van der Waals surface area contributed by atoms with Gasteiger partial charge in [0, 0.05) is 23.3 Å². The molecule has 0 saturated carbocycles. The molecule has 2 rings (SSSR count). The van der Waals surface area contributed by atoms with E-state index in [0.717, 1.165) is 23.3 Å². The molecule has 31 heavy (non-hydrogen) atoms. The number of benzene rings is 1. The van der Waals surface area contributed by atoms with Crippen molar-refractivity contribution >= 4 is 18.0 Å². The summed E-state index contributed by atoms with van der Waals surface area (Å²) in [5.41, 5.74) is -4.49. The van der Waals surface area contributed by atoms with Gasteiger partial charge in [0.15, 0.2) is 5.82 Å². The number of hydrazine groups is 1. The number of alkyl halides is 6. The Bertz CT molecular complexity index is 985. The van der Waals surface area contributed by atoms with Crippen molar-refractivity contribution in [2.24, 2.45) is 11.3 Å². The standard InChI is InChI=1S/C18H17F6N5O2/c1-16(2,3)15(31)29(25)13(30)4-5-28-9-26-14(27-28)10-6-11(17(19,20)21)8-12(7-10)18(22,23)24/h4-9H,25H2,1-3H3. The van der Waals surface area contributed by atoms with Crippen LogP contribution in [0.2, 0.25) is 0 Å². The van der Waals surface area contributed by atoms with E-state index < -0.39 is 52.1 Å². The van der Waals surface area contributed by atoms with Gasteiger partial charge in [-0.05, 0) is 18.2 Å². The zero-order valence-corrected chi connectivity index (χ0v) is 16.4. The minimum absolute atomic E-state index is 0.0128. The van der Waals surface area contributed by atoms with Crippen LogP contribution in [-0.2, 0) is 21.9 Å². The fourth-order valence-electron chi connectivity index (χ4n) is 2.24. The fourth-order valence-corrected chi connectivity index (χ4v) is 2.24. The Hall–Kier alpha value is -3.22. The minimum Gasteiger partial charge on any atom is -0.272 e. The van der Waals surface area contributed by atoms with E-state index in [2.05, 4.69) is 10.1 Å². The first kappa shape index (κ1) is 24.1. The number of hydrogen-bond donors (Lipinski definition) is 1. The van der Waals surface area contributed by atoms with Crippen molar-refractivity contribution in [1.82, 2.24) is 19.8 Å². The van der Waals surface area contributed by atoms with Gasteiger partial charge in [0.05, 0.1) is 11.1 Å². The summed E-state index contributed by atoms with van der Waals surface area (Å²) in [5.74, 6) is 3.41. The molecule has 7 nitrogen and oxygen atoms in total. The van der Waals surface area contributed by atoms with Gasteiger partial charge < -0.3 is 0 Å². The lowest BCUT2D eigenvalue weighted by Gasteiger charge is -2.22. The fraction of sp³-hybridized carbons (Fsp3) is 0.333. The third-order valence-electron chi connectivity index (χ3n) is 3.82. The van der Waals surface area contributed by atoms with Crippen LogP contribution in [0.5, 0.6) is 0 Å². The highest BCUT2D eigenvalue weighted by Crippen LogP contribution is 2.38. The van der Waals surface area contributed by atoms with Crippen molar-refractivity contribution < 1.29 is 35.9 Å². The summed E-state index contributed by atoms with van der Waals surface area (Å²) in [6.45, 7) is 4.63. The Kier molecular flexibility index (Phi) is 6.31. The lowest BCUT2D eigenvalue weighted by Crippen LogP contribution is -2.47. The third-order valence-corrected chi connectivity index (χ3v) is 3.82. The van der Waals surface area contributed by atoms with Crippen molar-refractivity contribution in [3.05, 3.63) is 41.7 Å². The summed E-state index contributed by atoms with van der Waals surface area (Å²) >= 11 is 0. The molecule has 13 heteroatoms. The number of imide groups is 1. The van der Waals surface area contributed by atoms with Crippen LogP contribution in [0.25, 0.3) is 17.6 Å². The van der Waals surface area contributed by atoms with Gasteiger partial charge in [0.25, 0.3) is 5.91 Å². The van der Waals surface area contributed by atoms with Gasteiger partial charge in [-0.25, -0.2) is 20.5 Å². The Balaban J connectivity index is 2.33. The van der Waals surface area contributed by atoms with Gasteiger partial charge in [-0.3, -0.25) is 9.59 Å². The molecule has 1 aromatic heterocycles. The van der Waals surface area contributed by atoms with Crippen LogP contribution in [0, 0.1) is 5.41 Å². The molecule has 0 bridgehead atoms. The second-order valence-corrected chi connectivity index (χ2v) is 7.42. The molecule has 168 valence electrons. The molecule has 0 atom stereocenters. The molecule has 0 saturated heterocycles. The molecule has 0 aliphatic carbocycles. The molecule has 1 heterocycles. The van der Waals surface area contributed by atoms with Gasteiger partial charge in [-0.15, -0.1) is 5.10 Å². The van der Waals surface area contributed by atoms with Crippen LogP contribution >= 0.6 is 0 Å². The molecule has 0 radical (unpaired) electrons. The third kappa shape index (κ3) is 5.90. The van der Waals surface area contributed by atoms with Crippen molar-refractivity contribution in [3.63, 3.8) is 0 Å². The second kappa shape index (κ2) is 8.13. The van der Waals surface area contributed by atoms with Crippen LogP contribution in [0.1, 0.15) is 31.9 Å². The van der Waals surface area contributed by atoms with Gasteiger partial charge >= 0.3 is 12.4 Å². The molecule has 1 aromatic carbocycles. The predicted octanol–water partition coefficient (Wildman–Crippen LogP) is 3.73. The SMILES string of the molecule is CC(C)(C)C(=O)N(N)C(=O)C=Cn1cnc(-c2cc(C(F)(F)F)cc(C(F)(F)F)c2)n1. The number of carbonyl (C=O) groups is 2. The number of nitrogens with two attached hydrogens (primary N) is 1. The van der Waals surface area contributed by atoms with E-state index in [1.54, 1.807) is 20.8 Å². The summed E-state index contributed by atoms with van der Waals surface area (Å²) < 4.78 is 78.8. The smallest absolute Gasteiger partial charge is 0.272 e. The van der Waals surface area contributed by atoms with Crippen molar-refractivity contribution in [2.75, 3.05) is 0 Å².